The molecule has 1 N–H and O–H groups in total. The predicted molar refractivity (Wildman–Crippen MR) is 91.8 cm³/mol. The van der Waals surface area contributed by atoms with Gasteiger partial charge in [0.05, 0.1) is 0 Å². The maximum Gasteiger partial charge on any atom is 0.253 e. The second-order valence-corrected chi connectivity index (χ2v) is 5.48. The molecule has 0 aliphatic carbocycles. The van der Waals surface area contributed by atoms with Crippen molar-refractivity contribution in [3.63, 3.8) is 0 Å². The normalized spacial score (nSPS) is 10.4. The number of ether oxygens (including phenoxy) is 1. The number of nitrogens with zero attached hydrogens (tertiary/aromatic N) is 1. The zero-order chi connectivity index (χ0) is 17.1. The van der Waals surface area contributed by atoms with Crippen LogP contribution in [0.25, 0.3) is 0 Å². The molecule has 23 heavy (non-hydrogen) atoms. The number of nitrogens with one attached hydrogen (secondary N) is 1. The van der Waals surface area contributed by atoms with Gasteiger partial charge in [-0.25, -0.2) is 0 Å². The maximum absolute atomic E-state index is 12.6. The van der Waals surface area contributed by atoms with Crippen molar-refractivity contribution in [3.05, 3.63) is 35.4 Å². The van der Waals surface area contributed by atoms with Crippen molar-refractivity contribution in [1.82, 2.24) is 10.2 Å². The molecule has 1 rings (SSSR count). The third-order valence-corrected chi connectivity index (χ3v) is 3.46. The van der Waals surface area contributed by atoms with Crippen LogP contribution >= 0.6 is 0 Å². The van der Waals surface area contributed by atoms with E-state index in [0.717, 1.165) is 32.4 Å². The van der Waals surface area contributed by atoms with Gasteiger partial charge >= 0.3 is 0 Å². The molecule has 0 radical (unpaired) electrons. The van der Waals surface area contributed by atoms with Gasteiger partial charge in [-0.2, -0.15) is 0 Å². The average Bonchev–Trinajstić information content (AvgIpc) is 2.58. The number of amides is 2. The van der Waals surface area contributed by atoms with E-state index in [0.29, 0.717) is 24.3 Å². The van der Waals surface area contributed by atoms with E-state index < -0.39 is 0 Å². The summed E-state index contributed by atoms with van der Waals surface area (Å²) in [4.78, 5) is 26.5. The standard InChI is InChI=1S/C18H28N2O3/c1-4-11-20(12-5-2)18(22)16-9-6-8-15(14-16)17(21)19-10-7-13-23-3/h6,8-9,14H,4-5,7,10-13H2,1-3H3,(H,19,21). The molecule has 0 atom stereocenters. The molecule has 0 aliphatic rings. The summed E-state index contributed by atoms with van der Waals surface area (Å²) in [7, 11) is 1.63. The smallest absolute Gasteiger partial charge is 0.253 e. The first kappa shape index (κ1) is 19.2. The van der Waals surface area contributed by atoms with Gasteiger partial charge in [0.25, 0.3) is 11.8 Å². The zero-order valence-corrected chi connectivity index (χ0v) is 14.4. The molecule has 5 nitrogen and oxygen atoms in total. The van der Waals surface area contributed by atoms with E-state index in [4.69, 9.17) is 4.74 Å². The van der Waals surface area contributed by atoms with Crippen LogP contribution in [0.5, 0.6) is 0 Å². The Labute approximate surface area is 139 Å². The molecule has 0 saturated carbocycles. The van der Waals surface area contributed by atoms with Gasteiger partial charge in [-0.05, 0) is 37.5 Å². The van der Waals surface area contributed by atoms with Crippen molar-refractivity contribution in [2.45, 2.75) is 33.1 Å². The van der Waals surface area contributed by atoms with Gasteiger partial charge in [0.1, 0.15) is 0 Å². The van der Waals surface area contributed by atoms with Crippen LogP contribution < -0.4 is 5.32 Å². The van der Waals surface area contributed by atoms with Crippen LogP contribution in [0.3, 0.4) is 0 Å². The molecule has 0 heterocycles. The fourth-order valence-corrected chi connectivity index (χ4v) is 2.35. The molecule has 0 aromatic heterocycles. The molecule has 0 saturated heterocycles. The van der Waals surface area contributed by atoms with Crippen molar-refractivity contribution in [3.8, 4) is 0 Å². The van der Waals surface area contributed by atoms with Gasteiger partial charge < -0.3 is 15.0 Å². The Hall–Kier alpha value is -1.88. The summed E-state index contributed by atoms with van der Waals surface area (Å²) >= 11 is 0. The Balaban J connectivity index is 2.74. The van der Waals surface area contributed by atoms with Crippen LogP contribution in [0.1, 0.15) is 53.8 Å². The second-order valence-electron chi connectivity index (χ2n) is 5.48. The molecule has 0 unspecified atom stereocenters. The first-order valence-electron chi connectivity index (χ1n) is 8.30. The van der Waals surface area contributed by atoms with E-state index in [1.54, 1.807) is 31.4 Å². The summed E-state index contributed by atoms with van der Waals surface area (Å²) in [5.41, 5.74) is 1.08. The van der Waals surface area contributed by atoms with E-state index in [1.165, 1.54) is 0 Å². The number of methoxy groups -OCH3 is 1. The molecular formula is C18H28N2O3. The van der Waals surface area contributed by atoms with Crippen molar-refractivity contribution >= 4 is 11.8 Å². The van der Waals surface area contributed by atoms with E-state index in [9.17, 15) is 9.59 Å². The topological polar surface area (TPSA) is 58.6 Å². The van der Waals surface area contributed by atoms with E-state index in [1.807, 2.05) is 4.90 Å². The Morgan fingerprint density at radius 2 is 1.78 bits per heavy atom. The van der Waals surface area contributed by atoms with Crippen molar-refractivity contribution < 1.29 is 14.3 Å². The molecule has 0 spiro atoms. The number of hydrogen-bond donors (Lipinski definition) is 1. The Morgan fingerprint density at radius 3 is 2.39 bits per heavy atom. The third kappa shape index (κ3) is 6.40. The minimum absolute atomic E-state index is 0.0114. The number of carbonyl (C=O) groups is 2. The summed E-state index contributed by atoms with van der Waals surface area (Å²) in [6.45, 7) is 6.75. The van der Waals surface area contributed by atoms with Crippen LogP contribution in [-0.4, -0.2) is 50.1 Å². The van der Waals surface area contributed by atoms with Crippen LogP contribution in [0.15, 0.2) is 24.3 Å². The van der Waals surface area contributed by atoms with Gasteiger partial charge in [-0.3, -0.25) is 9.59 Å². The molecule has 2 amide bonds. The molecule has 0 fully saturated rings. The van der Waals surface area contributed by atoms with Crippen molar-refractivity contribution in [1.29, 1.82) is 0 Å². The first-order valence-corrected chi connectivity index (χ1v) is 8.30. The number of rotatable bonds is 10. The zero-order valence-electron chi connectivity index (χ0n) is 14.4. The van der Waals surface area contributed by atoms with Crippen LogP contribution in [0, 0.1) is 0 Å². The molecule has 1 aromatic carbocycles. The monoisotopic (exact) mass is 320 g/mol. The van der Waals surface area contributed by atoms with Gasteiger partial charge in [0, 0.05) is 44.5 Å². The fourth-order valence-electron chi connectivity index (χ4n) is 2.35. The second kappa shape index (κ2) is 10.8. The number of hydrogen-bond acceptors (Lipinski definition) is 3. The summed E-state index contributed by atoms with van der Waals surface area (Å²) in [5, 5.41) is 2.84. The lowest BCUT2D eigenvalue weighted by molar-refractivity contribution is 0.0755. The van der Waals surface area contributed by atoms with Crippen molar-refractivity contribution in [2.75, 3.05) is 33.4 Å². The Bertz CT molecular complexity index is 497. The summed E-state index contributed by atoms with van der Waals surface area (Å²) in [6, 6.07) is 6.93. The highest BCUT2D eigenvalue weighted by atomic mass is 16.5. The lowest BCUT2D eigenvalue weighted by Crippen LogP contribution is -2.32. The molecule has 0 bridgehead atoms. The maximum atomic E-state index is 12.6. The Kier molecular flexibility index (Phi) is 8.98. The first-order chi connectivity index (χ1) is 11.1. The Morgan fingerprint density at radius 1 is 1.13 bits per heavy atom. The predicted octanol–water partition coefficient (Wildman–Crippen LogP) is 2.72. The summed E-state index contributed by atoms with van der Waals surface area (Å²) in [5.74, 6) is -0.170. The molecule has 0 aliphatic heterocycles. The van der Waals surface area contributed by atoms with E-state index in [2.05, 4.69) is 19.2 Å². The van der Waals surface area contributed by atoms with Gasteiger partial charge in [0.15, 0.2) is 0 Å². The highest BCUT2D eigenvalue weighted by molar-refractivity contribution is 5.99. The largest absolute Gasteiger partial charge is 0.385 e. The van der Waals surface area contributed by atoms with Crippen molar-refractivity contribution in [2.24, 2.45) is 0 Å². The molecule has 128 valence electrons. The lowest BCUT2D eigenvalue weighted by atomic mass is 10.1. The van der Waals surface area contributed by atoms with Gasteiger partial charge in [-0.15, -0.1) is 0 Å². The summed E-state index contributed by atoms with van der Waals surface area (Å²) in [6.07, 6.45) is 2.61. The lowest BCUT2D eigenvalue weighted by Gasteiger charge is -2.21. The highest BCUT2D eigenvalue weighted by Gasteiger charge is 2.15. The summed E-state index contributed by atoms with van der Waals surface area (Å²) < 4.78 is 4.95. The minimum Gasteiger partial charge on any atom is -0.385 e. The molecule has 5 heteroatoms. The SMILES string of the molecule is CCCN(CCC)C(=O)c1cccc(C(=O)NCCCOC)c1. The fraction of sp³-hybridized carbons (Fsp3) is 0.556. The van der Waals surface area contributed by atoms with Crippen LogP contribution in [0.4, 0.5) is 0 Å². The third-order valence-electron chi connectivity index (χ3n) is 3.46. The van der Waals surface area contributed by atoms with Gasteiger partial charge in [0.2, 0.25) is 0 Å². The number of carbonyl (C=O) groups excluding carboxylic acids is 2. The average molecular weight is 320 g/mol. The van der Waals surface area contributed by atoms with E-state index >= 15 is 0 Å². The number of benzene rings is 1. The van der Waals surface area contributed by atoms with Gasteiger partial charge in [-0.1, -0.05) is 19.9 Å². The van der Waals surface area contributed by atoms with Crippen LogP contribution in [-0.2, 0) is 4.74 Å². The minimum atomic E-state index is -0.159. The molecule has 1 aromatic rings. The highest BCUT2D eigenvalue weighted by Crippen LogP contribution is 2.10. The van der Waals surface area contributed by atoms with E-state index in [-0.39, 0.29) is 11.8 Å². The molecular weight excluding hydrogens is 292 g/mol. The quantitative estimate of drug-likeness (QED) is 0.674. The van der Waals surface area contributed by atoms with Crippen LogP contribution in [0.2, 0.25) is 0 Å².